The highest BCUT2D eigenvalue weighted by molar-refractivity contribution is 8.00. The third-order valence-corrected chi connectivity index (χ3v) is 24.4. The number of primary amides is 2. The summed E-state index contributed by atoms with van der Waals surface area (Å²) in [5, 5.41) is 52.3. The Kier molecular flexibility index (Phi) is 39.5. The van der Waals surface area contributed by atoms with E-state index in [1.165, 1.54) is 40.6 Å². The largest absolute Gasteiger partial charge is 0.394 e. The lowest BCUT2D eigenvalue weighted by molar-refractivity contribution is -0.145. The monoisotopic (exact) mass is 1880 g/mol. The molecule has 726 valence electrons. The topological polar surface area (TPSA) is 630 Å². The number of hydrogen-bond acceptors (Lipinski definition) is 21. The number of carbonyl (C=O) groups excluding carboxylic acids is 17. The third-order valence-electron chi connectivity index (χ3n) is 23.4. The molecule has 43 heteroatoms. The average Bonchev–Trinajstić information content (AvgIpc) is 1.73. The van der Waals surface area contributed by atoms with Crippen molar-refractivity contribution in [3.05, 3.63) is 162 Å². The Hall–Kier alpha value is -14.3. The van der Waals surface area contributed by atoms with Gasteiger partial charge < -0.3 is 121 Å². The zero-order chi connectivity index (χ0) is 98.1. The molecule has 135 heavy (non-hydrogen) atoms. The number of thioether (sulfide) groups is 1. The second-order valence-corrected chi connectivity index (χ2v) is 35.2. The van der Waals surface area contributed by atoms with Crippen molar-refractivity contribution in [2.75, 3.05) is 65.4 Å². The average molecular weight is 1890 g/mol. The number of aromatic amines is 3. The molecule has 13 atom stereocenters. The van der Waals surface area contributed by atoms with E-state index in [0.717, 1.165) is 36.9 Å². The number of amides is 17. The molecule has 2 aliphatic rings. The number of benzene rings is 4. The molecule has 0 bridgehead atoms. The van der Waals surface area contributed by atoms with Crippen LogP contribution in [0.2, 0.25) is 0 Å². The molecular formula is C92H124N24O18S. The van der Waals surface area contributed by atoms with Crippen LogP contribution in [0.1, 0.15) is 120 Å². The van der Waals surface area contributed by atoms with Gasteiger partial charge in [-0.05, 0) is 98.6 Å². The molecule has 0 spiro atoms. The molecular weight excluding hydrogens is 1760 g/mol. The summed E-state index contributed by atoms with van der Waals surface area (Å²) in [6.45, 7) is 4.02. The fraction of sp³-hybridized carbons (Fsp3) is 0.467. The van der Waals surface area contributed by atoms with E-state index >= 15 is 24.0 Å². The number of rotatable bonds is 26. The number of hydrogen-bond donors (Lipinski definition) is 20. The molecule has 9 rings (SSSR count). The van der Waals surface area contributed by atoms with Gasteiger partial charge >= 0.3 is 0 Å². The van der Waals surface area contributed by atoms with Gasteiger partial charge in [0.2, 0.25) is 100 Å². The summed E-state index contributed by atoms with van der Waals surface area (Å²) in [5.41, 5.74) is 20.7. The number of carbonyl (C=O) groups is 17. The number of guanidine groups is 1. The van der Waals surface area contributed by atoms with E-state index in [-0.39, 0.29) is 96.1 Å². The number of H-pyrrole nitrogens is 3. The van der Waals surface area contributed by atoms with Crippen molar-refractivity contribution in [3.63, 3.8) is 0 Å². The lowest BCUT2D eigenvalue weighted by Crippen LogP contribution is -2.61. The molecule has 0 saturated carbocycles. The van der Waals surface area contributed by atoms with Crippen LogP contribution in [0.25, 0.3) is 21.8 Å². The minimum atomic E-state index is -1.87. The Morgan fingerprint density at radius 3 is 1.67 bits per heavy atom. The molecule has 7 aromatic rings. The molecule has 17 amide bonds. The van der Waals surface area contributed by atoms with Gasteiger partial charge in [-0.1, -0.05) is 131 Å². The van der Waals surface area contributed by atoms with Gasteiger partial charge in [0.25, 0.3) is 0 Å². The van der Waals surface area contributed by atoms with Crippen molar-refractivity contribution in [1.82, 2.24) is 103 Å². The quantitative estimate of drug-likeness (QED) is 0.0158. The first-order valence-corrected chi connectivity index (χ1v) is 46.0. The molecule has 42 nitrogen and oxygen atoms in total. The number of nitrogens with one attached hydrogen (secondary N) is 16. The number of nitrogens with two attached hydrogens (primary N) is 3. The van der Waals surface area contributed by atoms with Crippen LogP contribution in [-0.4, -0.2) is 295 Å². The fourth-order valence-corrected chi connectivity index (χ4v) is 16.9. The van der Waals surface area contributed by atoms with Crippen LogP contribution in [0.15, 0.2) is 134 Å². The third kappa shape index (κ3) is 30.9. The van der Waals surface area contributed by atoms with Gasteiger partial charge in [-0.15, -0.1) is 11.8 Å². The maximum Gasteiger partial charge on any atom is 0.246 e. The summed E-state index contributed by atoms with van der Waals surface area (Å²) in [6, 6.07) is 11.4. The summed E-state index contributed by atoms with van der Waals surface area (Å²) in [5.74, 6) is -17.4. The SMILES string of the molecule is CCCC[C@H]1C(=O)N[C@@H](CCCNC(=N)N)C(=O)N[C@H](C(=O)NCC(N)=O)CSCC(=O)N[C@@H](Cc2ccccc2)C(=O)N(C)[C@@H](C)C(=O)N[C@@H](CC(N)=O)C(=O)N2CCC[C@H]2C(=O)N[C@@H](Cc2cnc[nH]2)C(=O)N[C@@H](CC(C)C)C(=O)N(C)CC(=O)N[C@@H](Cc2c[nH]c3ccccc23)C(=O)N[C@@H](CO)C(=O)N[C@@H](Cc2c[nH]c3ccccc23)C(=O)N[C@@H](CCc2ccccc2)C(=O)N1C. The molecule has 2 aliphatic heterocycles. The van der Waals surface area contributed by atoms with Gasteiger partial charge in [0.15, 0.2) is 5.96 Å². The molecule has 0 aliphatic carbocycles. The first-order valence-electron chi connectivity index (χ1n) is 44.9. The highest BCUT2D eigenvalue weighted by atomic mass is 32.2. The van der Waals surface area contributed by atoms with Crippen LogP contribution in [-0.2, 0) is 114 Å². The maximum absolute atomic E-state index is 15.7. The summed E-state index contributed by atoms with van der Waals surface area (Å²) in [4.78, 5) is 266. The number of para-hydroxylation sites is 2. The van der Waals surface area contributed by atoms with Crippen LogP contribution in [0, 0.1) is 11.3 Å². The van der Waals surface area contributed by atoms with Crippen LogP contribution in [0.5, 0.6) is 0 Å². The van der Waals surface area contributed by atoms with Crippen molar-refractivity contribution in [3.8, 4) is 0 Å². The predicted octanol–water partition coefficient (Wildman–Crippen LogP) is -2.04. The van der Waals surface area contributed by atoms with E-state index in [2.05, 4.69) is 83.7 Å². The first-order chi connectivity index (χ1) is 64.5. The lowest BCUT2D eigenvalue weighted by atomic mass is 10.00. The van der Waals surface area contributed by atoms with Crippen molar-refractivity contribution in [2.24, 2.45) is 23.1 Å². The van der Waals surface area contributed by atoms with Crippen LogP contribution in [0.3, 0.4) is 0 Å². The number of nitrogens with zero attached hydrogens (tertiary/aromatic N) is 5. The Morgan fingerprint density at radius 1 is 0.533 bits per heavy atom. The van der Waals surface area contributed by atoms with Gasteiger partial charge in [0.1, 0.15) is 78.5 Å². The number of aromatic nitrogens is 4. The Balaban J connectivity index is 1.09. The molecule has 0 unspecified atom stereocenters. The number of fused-ring (bicyclic) bond motifs is 3. The fourth-order valence-electron chi connectivity index (χ4n) is 16.0. The van der Waals surface area contributed by atoms with Crippen LogP contribution in [0.4, 0.5) is 0 Å². The molecule has 2 saturated heterocycles. The van der Waals surface area contributed by atoms with E-state index in [1.807, 2.05) is 6.92 Å². The van der Waals surface area contributed by atoms with Crippen molar-refractivity contribution < 1.29 is 86.6 Å². The summed E-state index contributed by atoms with van der Waals surface area (Å²) >= 11 is 0.790. The second kappa shape index (κ2) is 51.1. The van der Waals surface area contributed by atoms with Crippen molar-refractivity contribution in [1.29, 1.82) is 5.41 Å². The molecule has 4 aromatic carbocycles. The smallest absolute Gasteiger partial charge is 0.246 e. The van der Waals surface area contributed by atoms with Gasteiger partial charge in [-0.25, -0.2) is 4.98 Å². The number of unbranched alkanes of at least 4 members (excludes halogenated alkanes) is 1. The Morgan fingerprint density at radius 2 is 1.07 bits per heavy atom. The van der Waals surface area contributed by atoms with E-state index < -0.39 is 223 Å². The minimum absolute atomic E-state index is 0.00915. The number of aliphatic hydroxyl groups is 1. The molecule has 5 heterocycles. The predicted molar refractivity (Wildman–Crippen MR) is 500 cm³/mol. The zero-order valence-electron chi connectivity index (χ0n) is 76.6. The highest BCUT2D eigenvalue weighted by Crippen LogP contribution is 2.26. The Labute approximate surface area is 784 Å². The van der Waals surface area contributed by atoms with Gasteiger partial charge in [-0.3, -0.25) is 86.9 Å². The van der Waals surface area contributed by atoms with Crippen molar-refractivity contribution in [2.45, 2.75) is 203 Å². The van der Waals surface area contributed by atoms with Crippen LogP contribution < -0.4 is 81.0 Å². The second-order valence-electron chi connectivity index (χ2n) is 34.1. The van der Waals surface area contributed by atoms with E-state index in [0.29, 0.717) is 57.0 Å². The number of aryl methyl sites for hydroxylation is 1. The van der Waals surface area contributed by atoms with Crippen molar-refractivity contribution >= 4 is 140 Å². The van der Waals surface area contributed by atoms with Crippen LogP contribution >= 0.6 is 11.8 Å². The number of aliphatic hydroxyl groups excluding tert-OH is 1. The summed E-state index contributed by atoms with van der Waals surface area (Å²) in [7, 11) is 3.87. The first kappa shape index (κ1) is 104. The van der Waals surface area contributed by atoms with Gasteiger partial charge in [-0.2, -0.15) is 0 Å². The number of imidazole rings is 1. The van der Waals surface area contributed by atoms with E-state index in [4.69, 9.17) is 22.6 Å². The van der Waals surface area contributed by atoms with Gasteiger partial charge in [0.05, 0.1) is 38.2 Å². The molecule has 3 aromatic heterocycles. The zero-order valence-corrected chi connectivity index (χ0v) is 77.4. The molecule has 0 radical (unpaired) electrons. The summed E-state index contributed by atoms with van der Waals surface area (Å²) < 4.78 is 0. The standard InChI is InChI=1S/C92H124N24O18S/c1-8-9-31-73-86(129)105-63(30-20-35-98-92(95)96)81(124)112-72(80(123)101-46-76(94)119)49-135-50-78(121)104-69(38-55-24-14-11-15-25-55)90(133)114(6)53(4)79(122)109-70(42-75(93)118)91(134)116-36-21-32-74(116)87(130)108-67(41-58-45-97-51-102-58)84(127)110-68(37-52(2)3)88(131)113(5)47-77(120)103-65(39-56-43-99-61-28-18-16-26-59(56)61)82(125)111-71(48-117)85(128)107-66(40-57-44-100-62-29-19-17-27-60(57)62)83(126)106-64(89(132)115(73)7)34-33-54-22-12-10-13-23-54/h10-19,22-29,43-45,51-53,63-74,99-100,117H,8-9,20-21,30-42,46-50H2,1-7H3,(H2,93,118)(H2,94,119)(H,97,102)(H,101,123)(H,103,120)(H,104,121)(H,105,129)(H,106,126)(H,107,128)(H,108,130)(H,109,122)(H,110,127)(H,111,125)(H,112,124)(H4,95,96,98)/t53-,63-,64-,65-,66-,67-,68-,69-,70-,71-,72-,73-,74-/m0/s1. The molecule has 23 N–H and O–H groups in total. The van der Waals surface area contributed by atoms with E-state index in [1.54, 1.807) is 135 Å². The maximum atomic E-state index is 15.7. The van der Waals surface area contributed by atoms with E-state index in [9.17, 15) is 62.6 Å². The van der Waals surface area contributed by atoms with Gasteiger partial charge in [0, 0.05) is 112 Å². The normalized spacial score (nSPS) is 23.1. The Bertz CT molecular complexity index is 5330. The number of likely N-dealkylation sites (N-methyl/N-ethyl adjacent to an activating group) is 3. The lowest BCUT2D eigenvalue weighted by Gasteiger charge is -2.33. The highest BCUT2D eigenvalue weighted by Gasteiger charge is 2.44. The molecule has 2 fully saturated rings. The minimum Gasteiger partial charge on any atom is -0.394 e. The summed E-state index contributed by atoms with van der Waals surface area (Å²) in [6.07, 6.45) is 5.01.